The lowest BCUT2D eigenvalue weighted by Crippen LogP contribution is -2.32. The SMILES string of the molecule is CCN1CCCC1c1nc2cccnc2n1CC1CCCN1C. The minimum Gasteiger partial charge on any atom is -0.310 e. The first-order chi connectivity index (χ1) is 11.3. The molecule has 0 radical (unpaired) electrons. The Kier molecular flexibility index (Phi) is 4.07. The molecule has 2 aliphatic heterocycles. The summed E-state index contributed by atoms with van der Waals surface area (Å²) < 4.78 is 2.42. The van der Waals surface area contributed by atoms with Crippen molar-refractivity contribution in [3.63, 3.8) is 0 Å². The van der Waals surface area contributed by atoms with Gasteiger partial charge in [0.2, 0.25) is 0 Å². The van der Waals surface area contributed by atoms with Gasteiger partial charge < -0.3 is 9.47 Å². The molecule has 0 spiro atoms. The average molecular weight is 313 g/mol. The van der Waals surface area contributed by atoms with E-state index in [4.69, 9.17) is 4.98 Å². The topological polar surface area (TPSA) is 37.2 Å². The molecule has 2 aromatic heterocycles. The van der Waals surface area contributed by atoms with Crippen LogP contribution in [0.1, 0.15) is 44.5 Å². The van der Waals surface area contributed by atoms with Gasteiger partial charge in [0, 0.05) is 18.8 Å². The number of pyridine rings is 1. The van der Waals surface area contributed by atoms with Gasteiger partial charge in [0.1, 0.15) is 11.3 Å². The first-order valence-corrected chi connectivity index (χ1v) is 9.03. The zero-order chi connectivity index (χ0) is 15.8. The average Bonchev–Trinajstić information content (AvgIpc) is 3.27. The van der Waals surface area contributed by atoms with Crippen molar-refractivity contribution in [2.24, 2.45) is 0 Å². The van der Waals surface area contributed by atoms with Crippen LogP contribution in [-0.4, -0.2) is 57.1 Å². The molecule has 2 atom stereocenters. The third-order valence-electron chi connectivity index (χ3n) is 5.67. The molecule has 2 saturated heterocycles. The van der Waals surface area contributed by atoms with Crippen LogP contribution in [0.2, 0.25) is 0 Å². The highest BCUT2D eigenvalue weighted by Gasteiger charge is 2.31. The van der Waals surface area contributed by atoms with Crippen LogP contribution in [0, 0.1) is 0 Å². The van der Waals surface area contributed by atoms with Crippen LogP contribution in [0.3, 0.4) is 0 Å². The highest BCUT2D eigenvalue weighted by Crippen LogP contribution is 2.33. The summed E-state index contributed by atoms with van der Waals surface area (Å²) in [5, 5.41) is 0. The summed E-state index contributed by atoms with van der Waals surface area (Å²) in [5.41, 5.74) is 2.11. The summed E-state index contributed by atoms with van der Waals surface area (Å²) in [5.74, 6) is 1.23. The minimum absolute atomic E-state index is 0.459. The minimum atomic E-state index is 0.459. The van der Waals surface area contributed by atoms with E-state index < -0.39 is 0 Å². The van der Waals surface area contributed by atoms with Crippen LogP contribution in [-0.2, 0) is 6.54 Å². The zero-order valence-corrected chi connectivity index (χ0v) is 14.3. The molecule has 2 unspecified atom stereocenters. The Morgan fingerprint density at radius 2 is 2.09 bits per heavy atom. The van der Waals surface area contributed by atoms with E-state index in [9.17, 15) is 0 Å². The van der Waals surface area contributed by atoms with Gasteiger partial charge in [-0.3, -0.25) is 4.90 Å². The van der Waals surface area contributed by atoms with Gasteiger partial charge in [-0.2, -0.15) is 0 Å². The Morgan fingerprint density at radius 3 is 2.87 bits per heavy atom. The number of imidazole rings is 1. The molecule has 0 amide bonds. The van der Waals surface area contributed by atoms with Crippen molar-refractivity contribution in [2.75, 3.05) is 26.7 Å². The maximum atomic E-state index is 5.00. The molecule has 0 N–H and O–H groups in total. The van der Waals surface area contributed by atoms with Crippen LogP contribution < -0.4 is 0 Å². The van der Waals surface area contributed by atoms with Gasteiger partial charge in [-0.15, -0.1) is 0 Å². The highest BCUT2D eigenvalue weighted by atomic mass is 15.3. The molecule has 2 fully saturated rings. The zero-order valence-electron chi connectivity index (χ0n) is 14.3. The third kappa shape index (κ3) is 2.66. The highest BCUT2D eigenvalue weighted by molar-refractivity contribution is 5.71. The second-order valence-electron chi connectivity index (χ2n) is 6.99. The molecule has 2 aliphatic rings. The number of rotatable bonds is 4. The number of hydrogen-bond acceptors (Lipinski definition) is 4. The molecule has 0 aromatic carbocycles. The maximum absolute atomic E-state index is 5.00. The number of hydrogen-bond donors (Lipinski definition) is 0. The lowest BCUT2D eigenvalue weighted by Gasteiger charge is -2.26. The van der Waals surface area contributed by atoms with Gasteiger partial charge in [-0.1, -0.05) is 6.92 Å². The quantitative estimate of drug-likeness (QED) is 0.870. The number of aromatic nitrogens is 3. The fraction of sp³-hybridized carbons (Fsp3) is 0.667. The van der Waals surface area contributed by atoms with E-state index in [-0.39, 0.29) is 0 Å². The number of nitrogens with zero attached hydrogens (tertiary/aromatic N) is 5. The lowest BCUT2D eigenvalue weighted by molar-refractivity contribution is 0.243. The summed E-state index contributed by atoms with van der Waals surface area (Å²) >= 11 is 0. The van der Waals surface area contributed by atoms with Crippen LogP contribution in [0.15, 0.2) is 18.3 Å². The molecule has 5 nitrogen and oxygen atoms in total. The van der Waals surface area contributed by atoms with Crippen molar-refractivity contribution in [2.45, 2.75) is 51.2 Å². The molecule has 4 rings (SSSR count). The molecule has 2 aromatic rings. The van der Waals surface area contributed by atoms with Gasteiger partial charge in [0.15, 0.2) is 5.65 Å². The number of likely N-dealkylation sites (N-methyl/N-ethyl adjacent to an activating group) is 1. The fourth-order valence-corrected chi connectivity index (χ4v) is 4.33. The van der Waals surface area contributed by atoms with Gasteiger partial charge >= 0.3 is 0 Å². The van der Waals surface area contributed by atoms with E-state index in [1.165, 1.54) is 44.6 Å². The second kappa shape index (κ2) is 6.21. The molecule has 0 saturated carbocycles. The summed E-state index contributed by atoms with van der Waals surface area (Å²) in [4.78, 5) is 14.7. The van der Waals surface area contributed by atoms with Crippen LogP contribution in [0.5, 0.6) is 0 Å². The van der Waals surface area contributed by atoms with Crippen LogP contribution in [0.4, 0.5) is 0 Å². The van der Waals surface area contributed by atoms with Crippen LogP contribution in [0.25, 0.3) is 11.2 Å². The third-order valence-corrected chi connectivity index (χ3v) is 5.67. The van der Waals surface area contributed by atoms with Gasteiger partial charge in [-0.05, 0) is 64.5 Å². The molecule has 0 bridgehead atoms. The normalized spacial score (nSPS) is 26.5. The molecule has 124 valence electrons. The van der Waals surface area contributed by atoms with Gasteiger partial charge in [-0.25, -0.2) is 9.97 Å². The largest absolute Gasteiger partial charge is 0.310 e. The van der Waals surface area contributed by atoms with E-state index >= 15 is 0 Å². The molecule has 4 heterocycles. The smallest absolute Gasteiger partial charge is 0.160 e. The van der Waals surface area contributed by atoms with Crippen molar-refractivity contribution < 1.29 is 0 Å². The van der Waals surface area contributed by atoms with E-state index in [1.807, 2.05) is 12.3 Å². The van der Waals surface area contributed by atoms with Gasteiger partial charge in [0.25, 0.3) is 0 Å². The summed E-state index contributed by atoms with van der Waals surface area (Å²) in [6.45, 7) is 6.79. The Balaban J connectivity index is 1.75. The van der Waals surface area contributed by atoms with E-state index in [0.29, 0.717) is 12.1 Å². The fourth-order valence-electron chi connectivity index (χ4n) is 4.33. The summed E-state index contributed by atoms with van der Waals surface area (Å²) in [6.07, 6.45) is 6.98. The van der Waals surface area contributed by atoms with Crippen molar-refractivity contribution in [1.29, 1.82) is 0 Å². The predicted molar refractivity (Wildman–Crippen MR) is 92.4 cm³/mol. The van der Waals surface area contributed by atoms with Crippen molar-refractivity contribution in [3.05, 3.63) is 24.2 Å². The Hall–Kier alpha value is -1.46. The van der Waals surface area contributed by atoms with Crippen LogP contribution >= 0.6 is 0 Å². The second-order valence-corrected chi connectivity index (χ2v) is 6.99. The summed E-state index contributed by atoms with van der Waals surface area (Å²) in [6, 6.07) is 5.18. The molecular formula is C18H27N5. The summed E-state index contributed by atoms with van der Waals surface area (Å²) in [7, 11) is 2.25. The van der Waals surface area contributed by atoms with E-state index in [1.54, 1.807) is 0 Å². The van der Waals surface area contributed by atoms with Crippen molar-refractivity contribution in [3.8, 4) is 0 Å². The first kappa shape index (κ1) is 15.1. The van der Waals surface area contributed by atoms with E-state index in [2.05, 4.69) is 39.4 Å². The van der Waals surface area contributed by atoms with Crippen molar-refractivity contribution in [1.82, 2.24) is 24.3 Å². The number of likely N-dealkylation sites (tertiary alicyclic amines) is 2. The molecule has 0 aliphatic carbocycles. The molecular weight excluding hydrogens is 286 g/mol. The Bertz CT molecular complexity index is 679. The standard InChI is InChI=1S/C18H27N5/c1-3-22-12-6-9-16(22)18-20-15-8-4-10-19-17(15)23(18)13-14-7-5-11-21(14)2/h4,8,10,14,16H,3,5-7,9,11-13H2,1-2H3. The maximum Gasteiger partial charge on any atom is 0.160 e. The lowest BCUT2D eigenvalue weighted by atomic mass is 10.2. The number of fused-ring (bicyclic) bond motifs is 1. The Labute approximate surface area is 138 Å². The molecule has 23 heavy (non-hydrogen) atoms. The monoisotopic (exact) mass is 313 g/mol. The van der Waals surface area contributed by atoms with Gasteiger partial charge in [0.05, 0.1) is 6.04 Å². The first-order valence-electron chi connectivity index (χ1n) is 9.03. The predicted octanol–water partition coefficient (Wildman–Crippen LogP) is 2.68. The van der Waals surface area contributed by atoms with Crippen molar-refractivity contribution >= 4 is 11.2 Å². The van der Waals surface area contributed by atoms with E-state index in [0.717, 1.165) is 24.3 Å². The Morgan fingerprint density at radius 1 is 1.22 bits per heavy atom. The molecule has 5 heteroatoms.